The van der Waals surface area contributed by atoms with Crippen LogP contribution in [0.25, 0.3) is 0 Å². The highest BCUT2D eigenvalue weighted by Crippen LogP contribution is 2.40. The number of carbonyl (C=O) groups excluding carboxylic acids is 2. The van der Waals surface area contributed by atoms with E-state index in [2.05, 4.69) is 20.7 Å². The van der Waals surface area contributed by atoms with Crippen molar-refractivity contribution in [3.05, 3.63) is 35.4 Å². The summed E-state index contributed by atoms with van der Waals surface area (Å²) in [5, 5.41) is 20.9. The van der Waals surface area contributed by atoms with Gasteiger partial charge in [0.2, 0.25) is 0 Å². The summed E-state index contributed by atoms with van der Waals surface area (Å²) < 4.78 is 32.9. The largest absolute Gasteiger partial charge is 0.453 e. The monoisotopic (exact) mass is 538 g/mol. The number of piperidine rings is 1. The molecule has 1 aromatic rings. The molecule has 2 aliphatic rings. The molecule has 3 rings (SSSR count). The van der Waals surface area contributed by atoms with Crippen molar-refractivity contribution in [3.8, 4) is 0 Å². The molecule has 1 aliphatic heterocycles. The van der Waals surface area contributed by atoms with Crippen LogP contribution in [0.3, 0.4) is 0 Å². The standard InChI is InChI=1S/C28H44F2N4O4/c1-31-18-25(14-20-8-4-3-5-9-20)33-26(35)34-13-6-10-21(19-34)28(37,11-7-12-32-27(36)38-2)22-15-23(29)17-24(30)16-22/h15-17,20-21,25,31,37H,3-14,18-19H2,1-2H3,(H,32,36)(H,33,35). The van der Waals surface area contributed by atoms with Crippen LogP contribution in [0.4, 0.5) is 18.4 Å². The molecule has 3 amide bonds. The number of alkyl carbamates (subject to hydrolysis) is 1. The van der Waals surface area contributed by atoms with Crippen molar-refractivity contribution in [3.63, 3.8) is 0 Å². The fourth-order valence-corrected chi connectivity index (χ4v) is 6.09. The summed E-state index contributed by atoms with van der Waals surface area (Å²) >= 11 is 0. The van der Waals surface area contributed by atoms with E-state index in [0.29, 0.717) is 38.3 Å². The number of halogens is 2. The van der Waals surface area contributed by atoms with Crippen LogP contribution in [0, 0.1) is 23.5 Å². The normalized spacial score (nSPS) is 20.9. The van der Waals surface area contributed by atoms with Gasteiger partial charge in [-0.3, -0.25) is 0 Å². The molecule has 38 heavy (non-hydrogen) atoms. The van der Waals surface area contributed by atoms with Gasteiger partial charge >= 0.3 is 12.1 Å². The van der Waals surface area contributed by atoms with E-state index in [0.717, 1.165) is 24.6 Å². The molecule has 214 valence electrons. The predicted molar refractivity (Wildman–Crippen MR) is 142 cm³/mol. The SMILES string of the molecule is CNCC(CC1CCCCC1)NC(=O)N1CCCC(C(O)(CCCNC(=O)OC)c2cc(F)cc(F)c2)C1. The van der Waals surface area contributed by atoms with Gasteiger partial charge in [0.25, 0.3) is 0 Å². The van der Waals surface area contributed by atoms with Gasteiger partial charge in [-0.25, -0.2) is 18.4 Å². The van der Waals surface area contributed by atoms with Gasteiger partial charge in [0.1, 0.15) is 11.6 Å². The third kappa shape index (κ3) is 8.53. The number of likely N-dealkylation sites (tertiary alicyclic amines) is 1. The van der Waals surface area contributed by atoms with E-state index >= 15 is 0 Å². The summed E-state index contributed by atoms with van der Waals surface area (Å²) in [4.78, 5) is 26.5. The second-order valence-electron chi connectivity index (χ2n) is 10.8. The van der Waals surface area contributed by atoms with Gasteiger partial charge in [-0.2, -0.15) is 0 Å². The molecule has 4 N–H and O–H groups in total. The Balaban J connectivity index is 1.71. The van der Waals surface area contributed by atoms with E-state index in [9.17, 15) is 23.5 Å². The second-order valence-corrected chi connectivity index (χ2v) is 10.8. The van der Waals surface area contributed by atoms with E-state index in [1.807, 2.05) is 7.05 Å². The van der Waals surface area contributed by atoms with Crippen LogP contribution in [-0.2, 0) is 10.3 Å². The zero-order valence-corrected chi connectivity index (χ0v) is 22.7. The molecule has 1 aliphatic carbocycles. The van der Waals surface area contributed by atoms with E-state index in [1.165, 1.54) is 39.2 Å². The van der Waals surface area contributed by atoms with Crippen LogP contribution in [0.5, 0.6) is 0 Å². The van der Waals surface area contributed by atoms with Crippen LogP contribution >= 0.6 is 0 Å². The molecule has 3 unspecified atom stereocenters. The number of carbonyl (C=O) groups is 2. The molecule has 10 heteroatoms. The first kappa shape index (κ1) is 30.1. The lowest BCUT2D eigenvalue weighted by molar-refractivity contribution is -0.0556. The van der Waals surface area contributed by atoms with Crippen molar-refractivity contribution in [2.24, 2.45) is 11.8 Å². The Morgan fingerprint density at radius 2 is 1.84 bits per heavy atom. The summed E-state index contributed by atoms with van der Waals surface area (Å²) in [5.74, 6) is -1.35. The second kappa shape index (κ2) is 14.6. The number of likely N-dealkylation sites (N-methyl/N-ethyl adjacent to an activating group) is 1. The van der Waals surface area contributed by atoms with Gasteiger partial charge in [0.05, 0.1) is 12.7 Å². The van der Waals surface area contributed by atoms with E-state index in [4.69, 9.17) is 0 Å². The lowest BCUT2D eigenvalue weighted by Gasteiger charge is -2.43. The zero-order valence-electron chi connectivity index (χ0n) is 22.7. The van der Waals surface area contributed by atoms with Crippen LogP contribution in [0.1, 0.15) is 69.8 Å². The van der Waals surface area contributed by atoms with Gasteiger partial charge in [0, 0.05) is 44.2 Å². The fourth-order valence-electron chi connectivity index (χ4n) is 6.09. The van der Waals surface area contributed by atoms with Gasteiger partial charge < -0.3 is 30.7 Å². The number of ether oxygens (including phenoxy) is 1. The third-order valence-electron chi connectivity index (χ3n) is 8.06. The number of benzene rings is 1. The maximum absolute atomic E-state index is 14.2. The molecule has 1 aromatic carbocycles. The number of nitrogens with zero attached hydrogens (tertiary/aromatic N) is 1. The molecular weight excluding hydrogens is 494 g/mol. The number of hydrogen-bond donors (Lipinski definition) is 4. The number of aliphatic hydroxyl groups is 1. The molecule has 8 nitrogen and oxygen atoms in total. The minimum atomic E-state index is -1.58. The minimum absolute atomic E-state index is 0.0107. The van der Waals surface area contributed by atoms with Crippen LogP contribution in [0.15, 0.2) is 18.2 Å². The van der Waals surface area contributed by atoms with Crippen LogP contribution < -0.4 is 16.0 Å². The molecule has 2 fully saturated rings. The topological polar surface area (TPSA) is 103 Å². The lowest BCUT2D eigenvalue weighted by atomic mass is 9.74. The number of hydrogen-bond acceptors (Lipinski definition) is 5. The van der Waals surface area contributed by atoms with Gasteiger partial charge in [-0.1, -0.05) is 32.1 Å². The van der Waals surface area contributed by atoms with E-state index < -0.39 is 29.2 Å². The van der Waals surface area contributed by atoms with Gasteiger partial charge in [-0.05, 0) is 62.8 Å². The van der Waals surface area contributed by atoms with E-state index in [-0.39, 0.29) is 37.1 Å². The summed E-state index contributed by atoms with van der Waals surface area (Å²) in [6.07, 6.45) is 8.30. The summed E-state index contributed by atoms with van der Waals surface area (Å²) in [6.45, 7) is 1.73. The van der Waals surface area contributed by atoms with Crippen molar-refractivity contribution in [1.29, 1.82) is 0 Å². The Labute approximate surface area is 224 Å². The van der Waals surface area contributed by atoms with Crippen molar-refractivity contribution in [2.75, 3.05) is 40.3 Å². The first-order valence-corrected chi connectivity index (χ1v) is 14.0. The molecule has 0 aromatic heterocycles. The first-order valence-electron chi connectivity index (χ1n) is 14.0. The molecule has 1 heterocycles. The van der Waals surface area contributed by atoms with Gasteiger partial charge in [0.15, 0.2) is 0 Å². The van der Waals surface area contributed by atoms with Crippen LogP contribution in [0.2, 0.25) is 0 Å². The highest BCUT2D eigenvalue weighted by Gasteiger charge is 2.42. The smallest absolute Gasteiger partial charge is 0.406 e. The zero-order chi connectivity index (χ0) is 27.5. The summed E-state index contributed by atoms with van der Waals surface area (Å²) in [7, 11) is 3.14. The quantitative estimate of drug-likeness (QED) is 0.315. The Hall–Kier alpha value is -2.46. The molecule has 1 saturated heterocycles. The minimum Gasteiger partial charge on any atom is -0.453 e. The van der Waals surface area contributed by atoms with Crippen molar-refractivity contribution in [2.45, 2.75) is 75.9 Å². The molecule has 0 spiro atoms. The highest BCUT2D eigenvalue weighted by molar-refractivity contribution is 5.74. The fraction of sp³-hybridized carbons (Fsp3) is 0.714. The maximum atomic E-state index is 14.2. The van der Waals surface area contributed by atoms with Crippen molar-refractivity contribution in [1.82, 2.24) is 20.9 Å². The van der Waals surface area contributed by atoms with Gasteiger partial charge in [-0.15, -0.1) is 0 Å². The number of methoxy groups -OCH3 is 1. The third-order valence-corrected chi connectivity index (χ3v) is 8.06. The molecule has 3 atom stereocenters. The number of nitrogens with one attached hydrogen (secondary N) is 3. The Bertz CT molecular complexity index is 895. The Morgan fingerprint density at radius 3 is 2.50 bits per heavy atom. The Kier molecular flexibility index (Phi) is 11.6. The number of urea groups is 1. The predicted octanol–water partition coefficient (Wildman–Crippen LogP) is 4.27. The first-order chi connectivity index (χ1) is 18.2. The molecule has 0 radical (unpaired) electrons. The average Bonchev–Trinajstić information content (AvgIpc) is 2.91. The number of rotatable bonds is 11. The average molecular weight is 539 g/mol. The summed E-state index contributed by atoms with van der Waals surface area (Å²) in [5.41, 5.74) is -1.43. The molecule has 1 saturated carbocycles. The Morgan fingerprint density at radius 1 is 1.13 bits per heavy atom. The van der Waals surface area contributed by atoms with Crippen molar-refractivity contribution >= 4 is 12.1 Å². The van der Waals surface area contributed by atoms with Crippen molar-refractivity contribution < 1.29 is 28.2 Å². The highest BCUT2D eigenvalue weighted by atomic mass is 19.1. The molecule has 0 bridgehead atoms. The van der Waals surface area contributed by atoms with Crippen LogP contribution in [-0.4, -0.2) is 68.5 Å². The van der Waals surface area contributed by atoms with E-state index in [1.54, 1.807) is 4.90 Å². The summed E-state index contributed by atoms with van der Waals surface area (Å²) in [6, 6.07) is 2.92. The number of amides is 3. The lowest BCUT2D eigenvalue weighted by Crippen LogP contribution is -2.54. The maximum Gasteiger partial charge on any atom is 0.406 e. The molecular formula is C28H44F2N4O4.